The van der Waals surface area contributed by atoms with Gasteiger partial charge in [0.25, 0.3) is 0 Å². The average Bonchev–Trinajstić information content (AvgIpc) is 2.99. The molecule has 0 bridgehead atoms. The number of amides is 1. The van der Waals surface area contributed by atoms with Crippen molar-refractivity contribution in [3.8, 4) is 5.75 Å². The Hall–Kier alpha value is -3.06. The lowest BCUT2D eigenvalue weighted by Gasteiger charge is -2.26. The van der Waals surface area contributed by atoms with E-state index in [9.17, 15) is 19.8 Å². The molecule has 0 unspecified atom stereocenters. The fraction of sp³-hybridized carbons (Fsp3) is 0.481. The highest BCUT2D eigenvalue weighted by atomic mass is 16.5. The van der Waals surface area contributed by atoms with E-state index in [1.807, 2.05) is 68.4 Å². The highest BCUT2D eigenvalue weighted by molar-refractivity contribution is 5.83. The predicted octanol–water partition coefficient (Wildman–Crippen LogP) is 3.96. The number of ether oxygens (including phenoxy) is 1. The van der Waals surface area contributed by atoms with Crippen molar-refractivity contribution in [1.82, 2.24) is 4.90 Å². The summed E-state index contributed by atoms with van der Waals surface area (Å²) < 4.78 is 5.88. The van der Waals surface area contributed by atoms with Crippen molar-refractivity contribution in [2.45, 2.75) is 64.2 Å². The van der Waals surface area contributed by atoms with E-state index in [1.54, 1.807) is 0 Å². The minimum atomic E-state index is -1.02. The molecule has 1 aliphatic rings. The van der Waals surface area contributed by atoms with Gasteiger partial charge in [-0.15, -0.1) is 0 Å². The Bertz CT molecular complexity index is 934. The molecule has 7 heteroatoms. The van der Waals surface area contributed by atoms with E-state index < -0.39 is 12.1 Å². The number of aliphatic carboxylic acids is 1. The molecule has 1 aliphatic carbocycles. The van der Waals surface area contributed by atoms with Crippen LogP contribution < -0.4 is 10.1 Å². The number of para-hydroxylation sites is 2. The van der Waals surface area contributed by atoms with Crippen LogP contribution in [0.5, 0.6) is 5.75 Å². The molecule has 3 atom stereocenters. The number of benzene rings is 2. The van der Waals surface area contributed by atoms with Gasteiger partial charge in [-0.2, -0.15) is 0 Å². The predicted molar refractivity (Wildman–Crippen MR) is 132 cm³/mol. The first-order valence-electron chi connectivity index (χ1n) is 12.1. The summed E-state index contributed by atoms with van der Waals surface area (Å²) in [4.78, 5) is 26.2. The van der Waals surface area contributed by atoms with Crippen LogP contribution in [0.25, 0.3) is 0 Å². The number of rotatable bonds is 10. The number of nitrogens with zero attached hydrogens (tertiary/aromatic N) is 1. The van der Waals surface area contributed by atoms with Crippen LogP contribution in [0.4, 0.5) is 5.69 Å². The van der Waals surface area contributed by atoms with E-state index in [-0.39, 0.29) is 30.5 Å². The van der Waals surface area contributed by atoms with Gasteiger partial charge in [0.1, 0.15) is 12.3 Å². The molecule has 7 nitrogen and oxygen atoms in total. The van der Waals surface area contributed by atoms with Crippen molar-refractivity contribution < 1.29 is 24.5 Å². The van der Waals surface area contributed by atoms with Crippen molar-refractivity contribution in [3.05, 3.63) is 60.2 Å². The standard InChI is InChI=1S/C27H36N2O5/c1-19(2)34-25-11-7-6-10-23(25)28-22-14-12-21(13-15-24(22)30)27(33)29(18-26(31)32)17-16-20-8-4-3-5-9-20/h3-11,19,21-22,24,28,30H,12-18H2,1-2H3,(H,31,32)/t21-,22+,24+/m1/s1. The number of carbonyl (C=O) groups excluding carboxylic acids is 1. The molecular weight excluding hydrogens is 432 g/mol. The molecule has 0 aromatic heterocycles. The molecule has 1 saturated carbocycles. The van der Waals surface area contributed by atoms with E-state index in [1.165, 1.54) is 4.90 Å². The molecule has 0 aliphatic heterocycles. The number of hydrogen-bond acceptors (Lipinski definition) is 5. The highest BCUT2D eigenvalue weighted by Crippen LogP contribution is 2.31. The van der Waals surface area contributed by atoms with Crippen molar-refractivity contribution >= 4 is 17.6 Å². The first-order valence-corrected chi connectivity index (χ1v) is 12.1. The number of anilines is 1. The Kier molecular flexibility index (Phi) is 9.33. The summed E-state index contributed by atoms with van der Waals surface area (Å²) in [6, 6.07) is 17.2. The Morgan fingerprint density at radius 1 is 1.03 bits per heavy atom. The number of carbonyl (C=O) groups is 2. The number of carboxylic acids is 1. The highest BCUT2D eigenvalue weighted by Gasteiger charge is 2.32. The van der Waals surface area contributed by atoms with Crippen LogP contribution in [0.15, 0.2) is 54.6 Å². The van der Waals surface area contributed by atoms with Crippen LogP contribution in [0.1, 0.15) is 45.1 Å². The maximum Gasteiger partial charge on any atom is 0.323 e. The Balaban J connectivity index is 1.64. The second-order valence-corrected chi connectivity index (χ2v) is 9.22. The lowest BCUT2D eigenvalue weighted by molar-refractivity contribution is -0.146. The minimum absolute atomic E-state index is 0.0279. The SMILES string of the molecule is CC(C)Oc1ccccc1N[C@H]1CC[C@@H](C(=O)N(CCc2ccccc2)CC(=O)O)CC[C@@H]1O. The van der Waals surface area contributed by atoms with Gasteiger partial charge in [-0.05, 0) is 63.6 Å². The smallest absolute Gasteiger partial charge is 0.323 e. The minimum Gasteiger partial charge on any atom is -0.489 e. The van der Waals surface area contributed by atoms with Crippen LogP contribution in [-0.2, 0) is 16.0 Å². The van der Waals surface area contributed by atoms with E-state index in [0.29, 0.717) is 38.6 Å². The summed E-state index contributed by atoms with van der Waals surface area (Å²) in [5, 5.41) is 23.6. The molecule has 1 amide bonds. The molecular formula is C27H36N2O5. The zero-order chi connectivity index (χ0) is 24.5. The zero-order valence-corrected chi connectivity index (χ0v) is 20.0. The first-order chi connectivity index (χ1) is 16.3. The lowest BCUT2D eigenvalue weighted by Crippen LogP contribution is -2.41. The molecule has 184 valence electrons. The van der Waals surface area contributed by atoms with Crippen molar-refractivity contribution in [2.75, 3.05) is 18.4 Å². The van der Waals surface area contributed by atoms with Gasteiger partial charge in [-0.1, -0.05) is 42.5 Å². The normalized spacial score (nSPS) is 20.4. The van der Waals surface area contributed by atoms with Crippen LogP contribution >= 0.6 is 0 Å². The maximum absolute atomic E-state index is 13.3. The first kappa shape index (κ1) is 25.6. The fourth-order valence-corrected chi connectivity index (χ4v) is 4.45. The summed E-state index contributed by atoms with van der Waals surface area (Å²) in [7, 11) is 0. The molecule has 2 aromatic rings. The van der Waals surface area contributed by atoms with Crippen LogP contribution in [0.3, 0.4) is 0 Å². The van der Waals surface area contributed by atoms with Crippen molar-refractivity contribution in [1.29, 1.82) is 0 Å². The number of hydrogen-bond donors (Lipinski definition) is 3. The van der Waals surface area contributed by atoms with Gasteiger partial charge in [0.05, 0.1) is 23.9 Å². The molecule has 2 aromatic carbocycles. The molecule has 0 saturated heterocycles. The molecule has 34 heavy (non-hydrogen) atoms. The van der Waals surface area contributed by atoms with Gasteiger partial charge in [0.15, 0.2) is 0 Å². The summed E-state index contributed by atoms with van der Waals surface area (Å²) in [5.41, 5.74) is 1.88. The third-order valence-electron chi connectivity index (χ3n) is 6.19. The second-order valence-electron chi connectivity index (χ2n) is 9.22. The molecule has 3 N–H and O–H groups in total. The molecule has 0 heterocycles. The van der Waals surface area contributed by atoms with Crippen LogP contribution in [0, 0.1) is 5.92 Å². The van der Waals surface area contributed by atoms with Crippen LogP contribution in [-0.4, -0.2) is 58.3 Å². The molecule has 0 radical (unpaired) electrons. The summed E-state index contributed by atoms with van der Waals surface area (Å²) >= 11 is 0. The third kappa shape index (κ3) is 7.48. The zero-order valence-electron chi connectivity index (χ0n) is 20.0. The third-order valence-corrected chi connectivity index (χ3v) is 6.19. The van der Waals surface area contributed by atoms with Gasteiger partial charge >= 0.3 is 5.97 Å². The number of aliphatic hydroxyl groups is 1. The summed E-state index contributed by atoms with van der Waals surface area (Å²) in [6.45, 7) is 3.98. The van der Waals surface area contributed by atoms with Gasteiger partial charge < -0.3 is 25.2 Å². The molecule has 0 spiro atoms. The van der Waals surface area contributed by atoms with Crippen LogP contribution in [0.2, 0.25) is 0 Å². The number of carboxylic acid groups (broad SMARTS) is 1. The summed E-state index contributed by atoms with van der Waals surface area (Å²) in [6.07, 6.45) is 2.22. The molecule has 3 rings (SSSR count). The van der Waals surface area contributed by atoms with Crippen molar-refractivity contribution in [2.24, 2.45) is 5.92 Å². The Morgan fingerprint density at radius 3 is 2.41 bits per heavy atom. The van der Waals surface area contributed by atoms with Gasteiger partial charge in [-0.3, -0.25) is 9.59 Å². The molecule has 1 fully saturated rings. The Labute approximate surface area is 201 Å². The number of nitrogens with one attached hydrogen (secondary N) is 1. The van der Waals surface area contributed by atoms with Gasteiger partial charge in [-0.25, -0.2) is 0 Å². The lowest BCUT2D eigenvalue weighted by atomic mass is 9.98. The quantitative estimate of drug-likeness (QED) is 0.457. The van der Waals surface area contributed by atoms with Gasteiger partial charge in [0.2, 0.25) is 5.91 Å². The van der Waals surface area contributed by atoms with Gasteiger partial charge in [0, 0.05) is 12.5 Å². The van der Waals surface area contributed by atoms with E-state index >= 15 is 0 Å². The fourth-order valence-electron chi connectivity index (χ4n) is 4.45. The largest absolute Gasteiger partial charge is 0.489 e. The monoisotopic (exact) mass is 468 g/mol. The van der Waals surface area contributed by atoms with E-state index in [4.69, 9.17) is 4.74 Å². The summed E-state index contributed by atoms with van der Waals surface area (Å²) in [5.74, 6) is -0.736. The maximum atomic E-state index is 13.3. The average molecular weight is 469 g/mol. The topological polar surface area (TPSA) is 99.1 Å². The second kappa shape index (κ2) is 12.4. The van der Waals surface area contributed by atoms with Crippen molar-refractivity contribution in [3.63, 3.8) is 0 Å². The van der Waals surface area contributed by atoms with E-state index in [2.05, 4.69) is 5.32 Å². The Morgan fingerprint density at radius 2 is 1.71 bits per heavy atom. The van der Waals surface area contributed by atoms with E-state index in [0.717, 1.165) is 17.0 Å². The number of aliphatic hydroxyl groups excluding tert-OH is 1.